The first-order chi connectivity index (χ1) is 13.2. The third kappa shape index (κ3) is 2.54. The number of nitrogen functional groups attached to an aromatic ring is 1. The fraction of sp³-hybridized carbons (Fsp3) is 0.500. The van der Waals surface area contributed by atoms with Gasteiger partial charge >= 0.3 is 0 Å². The first-order valence-electron chi connectivity index (χ1n) is 9.77. The molecule has 0 saturated heterocycles. The second-order valence-electron chi connectivity index (χ2n) is 8.88. The number of aryl methyl sites for hydroxylation is 2. The molecule has 2 aliphatic rings. The number of rotatable bonds is 2. The first-order valence-corrected chi connectivity index (χ1v) is 9.77. The van der Waals surface area contributed by atoms with Crippen LogP contribution in [0.15, 0.2) is 18.3 Å². The second-order valence-corrected chi connectivity index (χ2v) is 8.88. The molecule has 1 unspecified atom stereocenters. The molecule has 1 amide bonds. The molecule has 0 aliphatic heterocycles. The monoisotopic (exact) mass is 380 g/mol. The Bertz CT molecular complexity index is 969. The summed E-state index contributed by atoms with van der Waals surface area (Å²) in [5.74, 6) is 6.86. The molecule has 0 bridgehead atoms. The maximum atomic E-state index is 12.2. The number of nitrogens with one attached hydrogen (secondary N) is 1. The van der Waals surface area contributed by atoms with Crippen LogP contribution in [0.2, 0.25) is 0 Å². The number of hydrogen-bond acceptors (Lipinski definition) is 5. The summed E-state index contributed by atoms with van der Waals surface area (Å²) in [6, 6.07) is 3.99. The number of benzene rings is 1. The van der Waals surface area contributed by atoms with E-state index in [4.69, 9.17) is 15.6 Å². The maximum Gasteiger partial charge on any atom is 0.268 e. The van der Waals surface area contributed by atoms with E-state index in [2.05, 4.69) is 31.2 Å². The molecular weight excluding hydrogens is 352 g/mol. The van der Waals surface area contributed by atoms with Gasteiger partial charge in [0.05, 0.1) is 18.4 Å². The van der Waals surface area contributed by atoms with Crippen molar-refractivity contribution >= 4 is 5.91 Å². The summed E-state index contributed by atoms with van der Waals surface area (Å²) in [6.45, 7) is 8.90. The predicted molar refractivity (Wildman–Crippen MR) is 107 cm³/mol. The molecule has 28 heavy (non-hydrogen) atoms. The van der Waals surface area contributed by atoms with Crippen LogP contribution in [-0.4, -0.2) is 23.0 Å². The van der Waals surface area contributed by atoms with Gasteiger partial charge in [-0.05, 0) is 60.9 Å². The lowest BCUT2D eigenvalue weighted by atomic mass is 9.50. The van der Waals surface area contributed by atoms with Crippen LogP contribution in [0.3, 0.4) is 0 Å². The van der Waals surface area contributed by atoms with Crippen LogP contribution in [0.1, 0.15) is 65.8 Å². The van der Waals surface area contributed by atoms with Crippen molar-refractivity contribution in [2.75, 3.05) is 7.11 Å². The number of carbonyl (C=O) groups is 1. The van der Waals surface area contributed by atoms with Gasteiger partial charge in [-0.25, -0.2) is 15.8 Å². The summed E-state index contributed by atoms with van der Waals surface area (Å²) in [5, 5.41) is 0. The summed E-state index contributed by atoms with van der Waals surface area (Å²) < 4.78 is 5.56. The number of amides is 1. The highest BCUT2D eigenvalue weighted by Crippen LogP contribution is 2.56. The number of hydrazine groups is 1. The molecule has 2 aromatic rings. The van der Waals surface area contributed by atoms with Gasteiger partial charge in [-0.3, -0.25) is 10.2 Å². The third-order valence-electron chi connectivity index (χ3n) is 6.91. The van der Waals surface area contributed by atoms with E-state index in [0.29, 0.717) is 17.2 Å². The average Bonchev–Trinajstić information content (AvgIpc) is 2.67. The van der Waals surface area contributed by atoms with E-state index >= 15 is 0 Å². The van der Waals surface area contributed by atoms with E-state index in [1.807, 2.05) is 25.3 Å². The number of nitrogens with two attached hydrogens (primary N) is 1. The quantitative estimate of drug-likeness (QED) is 0.475. The maximum absolute atomic E-state index is 12.2. The van der Waals surface area contributed by atoms with Gasteiger partial charge in [0.25, 0.3) is 5.91 Å². The van der Waals surface area contributed by atoms with E-state index in [1.165, 1.54) is 22.4 Å². The zero-order valence-corrected chi connectivity index (χ0v) is 17.2. The topological polar surface area (TPSA) is 90.1 Å². The van der Waals surface area contributed by atoms with Crippen molar-refractivity contribution in [3.05, 3.63) is 52.1 Å². The van der Waals surface area contributed by atoms with Crippen molar-refractivity contribution in [3.63, 3.8) is 0 Å². The summed E-state index contributed by atoms with van der Waals surface area (Å²) in [6.07, 6.45) is 4.85. The van der Waals surface area contributed by atoms with Crippen LogP contribution < -0.4 is 16.0 Å². The van der Waals surface area contributed by atoms with Crippen molar-refractivity contribution in [1.82, 2.24) is 15.4 Å². The van der Waals surface area contributed by atoms with Crippen molar-refractivity contribution in [2.24, 2.45) is 11.8 Å². The lowest BCUT2D eigenvalue weighted by Crippen LogP contribution is -2.52. The Hall–Kier alpha value is -2.47. The molecule has 1 heterocycles. The Labute approximate surface area is 165 Å². The summed E-state index contributed by atoms with van der Waals surface area (Å²) in [4.78, 5) is 21.5. The molecule has 6 nitrogen and oxygen atoms in total. The van der Waals surface area contributed by atoms with Crippen LogP contribution in [0.4, 0.5) is 0 Å². The molecule has 0 saturated carbocycles. The molecule has 148 valence electrons. The number of ether oxygens (including phenoxy) is 1. The fourth-order valence-electron chi connectivity index (χ4n) is 5.71. The number of aromatic nitrogens is 2. The first kappa shape index (κ1) is 18.9. The molecule has 6 heteroatoms. The third-order valence-corrected chi connectivity index (χ3v) is 6.91. The van der Waals surface area contributed by atoms with Gasteiger partial charge in [0, 0.05) is 17.0 Å². The van der Waals surface area contributed by atoms with Gasteiger partial charge in [-0.15, -0.1) is 0 Å². The van der Waals surface area contributed by atoms with Crippen LogP contribution in [0.5, 0.6) is 5.75 Å². The Morgan fingerprint density at radius 2 is 2.04 bits per heavy atom. The molecule has 3 N–H and O–H groups in total. The molecule has 2 atom stereocenters. The number of carbonyl (C=O) groups excluding carboxylic acids is 1. The molecule has 0 spiro atoms. The van der Waals surface area contributed by atoms with Crippen molar-refractivity contribution in [2.45, 2.75) is 57.8 Å². The molecular formula is C22H28N4O2. The molecule has 2 aliphatic carbocycles. The Balaban J connectivity index is 1.91. The van der Waals surface area contributed by atoms with Gasteiger partial charge in [-0.2, -0.15) is 0 Å². The zero-order chi connectivity index (χ0) is 20.3. The average molecular weight is 380 g/mol. The second kappa shape index (κ2) is 6.27. The number of fused-ring (bicyclic) bond motifs is 4. The largest absolute Gasteiger partial charge is 0.496 e. The molecule has 1 aromatic carbocycles. The molecule has 1 aromatic heterocycles. The van der Waals surface area contributed by atoms with Gasteiger partial charge in [0.15, 0.2) is 0 Å². The van der Waals surface area contributed by atoms with Gasteiger partial charge < -0.3 is 4.74 Å². The highest BCUT2D eigenvalue weighted by molar-refractivity contribution is 5.97. The summed E-state index contributed by atoms with van der Waals surface area (Å²) in [5.41, 5.74) is 7.42. The SMILES string of the molecule is COc1cc2c(cc1C(=O)NN)CCC1C(C)(C)c3nc(C)ncc3C[C@]21C. The molecule has 0 fully saturated rings. The Morgan fingerprint density at radius 1 is 1.29 bits per heavy atom. The number of nitrogens with zero attached hydrogens (tertiary/aromatic N) is 2. The van der Waals surface area contributed by atoms with Crippen molar-refractivity contribution < 1.29 is 9.53 Å². The van der Waals surface area contributed by atoms with Gasteiger partial charge in [0.2, 0.25) is 0 Å². The van der Waals surface area contributed by atoms with E-state index in [-0.39, 0.29) is 16.7 Å². The highest BCUT2D eigenvalue weighted by atomic mass is 16.5. The molecule has 4 rings (SSSR count). The van der Waals surface area contributed by atoms with Crippen LogP contribution in [-0.2, 0) is 23.7 Å². The predicted octanol–water partition coefficient (Wildman–Crippen LogP) is 2.75. The van der Waals surface area contributed by atoms with E-state index in [9.17, 15) is 4.79 Å². The standard InChI is InChI=1S/C22H28N4O2/c1-12-24-11-14-10-22(4)16-9-17(28-5)15(20(27)26-23)8-13(16)6-7-18(22)21(2,3)19(14)25-12/h8-9,11,18H,6-7,10,23H2,1-5H3,(H,26,27)/t18?,22-/m1/s1. The zero-order valence-electron chi connectivity index (χ0n) is 17.2. The number of methoxy groups -OCH3 is 1. The van der Waals surface area contributed by atoms with E-state index in [1.54, 1.807) is 7.11 Å². The minimum Gasteiger partial charge on any atom is -0.496 e. The van der Waals surface area contributed by atoms with Crippen molar-refractivity contribution in [1.29, 1.82) is 0 Å². The van der Waals surface area contributed by atoms with Crippen LogP contribution >= 0.6 is 0 Å². The van der Waals surface area contributed by atoms with Crippen molar-refractivity contribution in [3.8, 4) is 5.75 Å². The summed E-state index contributed by atoms with van der Waals surface area (Å²) in [7, 11) is 1.59. The lowest BCUT2D eigenvalue weighted by Gasteiger charge is -2.54. The van der Waals surface area contributed by atoms with Crippen LogP contribution in [0.25, 0.3) is 0 Å². The Kier molecular flexibility index (Phi) is 4.23. The van der Waals surface area contributed by atoms with Crippen LogP contribution in [0, 0.1) is 12.8 Å². The summed E-state index contributed by atoms with van der Waals surface area (Å²) >= 11 is 0. The lowest BCUT2D eigenvalue weighted by molar-refractivity contribution is 0.0949. The number of hydrogen-bond donors (Lipinski definition) is 2. The van der Waals surface area contributed by atoms with Gasteiger partial charge in [-0.1, -0.05) is 20.8 Å². The smallest absolute Gasteiger partial charge is 0.268 e. The van der Waals surface area contributed by atoms with E-state index < -0.39 is 0 Å². The minimum atomic E-state index is -0.329. The fourth-order valence-corrected chi connectivity index (χ4v) is 5.71. The normalized spacial score (nSPS) is 24.6. The minimum absolute atomic E-state index is 0.0612. The van der Waals surface area contributed by atoms with E-state index in [0.717, 1.165) is 25.1 Å². The Morgan fingerprint density at radius 3 is 2.71 bits per heavy atom. The highest BCUT2D eigenvalue weighted by Gasteiger charge is 2.53. The molecule has 0 radical (unpaired) electrons. The van der Waals surface area contributed by atoms with Gasteiger partial charge in [0.1, 0.15) is 11.6 Å².